The average molecular weight is 627 g/mol. The number of rotatable bonds is 4. The van der Waals surface area contributed by atoms with E-state index in [1.54, 1.807) is 0 Å². The second kappa shape index (κ2) is 9.93. The molecule has 0 radical (unpaired) electrons. The van der Waals surface area contributed by atoms with Crippen LogP contribution in [0.4, 0.5) is 0 Å². The molecule has 0 bridgehead atoms. The Bertz CT molecular complexity index is 2230. The van der Waals surface area contributed by atoms with E-state index in [-0.39, 0.29) is 5.41 Å². The van der Waals surface area contributed by atoms with Crippen LogP contribution in [-0.4, -0.2) is 0 Å². The fourth-order valence-electron chi connectivity index (χ4n) is 10.4. The minimum absolute atomic E-state index is 0.0488. The zero-order valence-electron chi connectivity index (χ0n) is 28.1. The van der Waals surface area contributed by atoms with Crippen LogP contribution in [0.3, 0.4) is 0 Å². The summed E-state index contributed by atoms with van der Waals surface area (Å²) in [5, 5.41) is 0. The Morgan fingerprint density at radius 3 is 1.31 bits per heavy atom. The molecule has 2 aromatic rings. The van der Waals surface area contributed by atoms with Gasteiger partial charge in [0.05, 0.1) is 0 Å². The Balaban J connectivity index is 0.907. The Hall–Kier alpha value is -5.20. The molecule has 0 fully saturated rings. The Morgan fingerprint density at radius 1 is 0.429 bits per heavy atom. The molecular weight excluding hydrogens is 589 g/mol. The molecule has 0 amide bonds. The lowest BCUT2D eigenvalue weighted by molar-refractivity contribution is 0.559. The smallest absolute Gasteiger partial charge is 0.0202 e. The molecule has 234 valence electrons. The summed E-state index contributed by atoms with van der Waals surface area (Å²) in [5.74, 6) is 1.78. The fraction of sp³-hybridized carbons (Fsp3) is 0.184. The van der Waals surface area contributed by atoms with Gasteiger partial charge in [-0.2, -0.15) is 0 Å². The number of hydrogen-bond acceptors (Lipinski definition) is 0. The molecule has 49 heavy (non-hydrogen) atoms. The van der Waals surface area contributed by atoms with E-state index in [2.05, 4.69) is 160 Å². The normalized spacial score (nSPS) is 27.8. The molecule has 4 atom stereocenters. The topological polar surface area (TPSA) is 0 Å². The lowest BCUT2D eigenvalue weighted by Gasteiger charge is -2.40. The maximum Gasteiger partial charge on any atom is 0.0202 e. The summed E-state index contributed by atoms with van der Waals surface area (Å²) < 4.78 is 0. The predicted molar refractivity (Wildman–Crippen MR) is 203 cm³/mol. The molecule has 0 aliphatic heterocycles. The standard InChI is InChI=1S/C49H38/c1-49(2)43-27-29(25-37-17-15-35-13-11-31-5-3-7-33-19-23-39(37)47(35)45(31)33)9-21-41(43)42-22-10-30(28-44(42)49)26-38-18-16-36-14-12-32-6-4-8-34-20-24-40(38)48(36)46(32)34/h3-24,27-28,45-48H,25-26H2,1-2H3. The van der Waals surface area contributed by atoms with Crippen molar-refractivity contribution in [1.82, 2.24) is 0 Å². The number of fused-ring (bicyclic) bond motifs is 3. The van der Waals surface area contributed by atoms with Crippen LogP contribution in [-0.2, 0) is 18.3 Å². The largest absolute Gasteiger partial charge is 0.0617 e. The minimum Gasteiger partial charge on any atom is -0.0617 e. The predicted octanol–water partition coefficient (Wildman–Crippen LogP) is 11.1. The first-order valence-electron chi connectivity index (χ1n) is 18.1. The van der Waals surface area contributed by atoms with Crippen molar-refractivity contribution in [2.45, 2.75) is 32.1 Å². The highest BCUT2D eigenvalue weighted by atomic mass is 14.4. The van der Waals surface area contributed by atoms with E-state index >= 15 is 0 Å². The second-order valence-corrected chi connectivity index (χ2v) is 15.7. The van der Waals surface area contributed by atoms with Crippen LogP contribution in [0, 0.1) is 23.7 Å². The first kappa shape index (κ1) is 27.7. The maximum atomic E-state index is 2.52. The zero-order valence-corrected chi connectivity index (χ0v) is 28.1. The molecular formula is C49H38. The Labute approximate surface area is 289 Å². The number of allylic oxidation sites excluding steroid dienone is 28. The lowest BCUT2D eigenvalue weighted by atomic mass is 9.63. The van der Waals surface area contributed by atoms with E-state index in [0.29, 0.717) is 23.7 Å². The monoisotopic (exact) mass is 626 g/mol. The molecule has 9 aliphatic carbocycles. The zero-order chi connectivity index (χ0) is 32.4. The number of benzene rings is 2. The highest BCUT2D eigenvalue weighted by Crippen LogP contribution is 2.53. The third-order valence-corrected chi connectivity index (χ3v) is 12.8. The van der Waals surface area contributed by atoms with Crippen molar-refractivity contribution >= 4 is 0 Å². The van der Waals surface area contributed by atoms with E-state index in [9.17, 15) is 0 Å². The van der Waals surface area contributed by atoms with Crippen molar-refractivity contribution in [3.63, 3.8) is 0 Å². The van der Waals surface area contributed by atoms with Gasteiger partial charge >= 0.3 is 0 Å². The van der Waals surface area contributed by atoms with Crippen molar-refractivity contribution in [3.8, 4) is 11.1 Å². The van der Waals surface area contributed by atoms with Gasteiger partial charge in [-0.05, 0) is 102 Å². The first-order valence-corrected chi connectivity index (χ1v) is 18.1. The first-order chi connectivity index (χ1) is 24.0. The van der Waals surface area contributed by atoms with Crippen LogP contribution >= 0.6 is 0 Å². The molecule has 0 saturated carbocycles. The molecule has 11 rings (SSSR count). The molecule has 0 N–H and O–H groups in total. The van der Waals surface area contributed by atoms with Crippen LogP contribution in [0.5, 0.6) is 0 Å². The molecule has 0 nitrogen and oxygen atoms in total. The van der Waals surface area contributed by atoms with Gasteiger partial charge in [0.15, 0.2) is 0 Å². The van der Waals surface area contributed by atoms with Crippen LogP contribution in [0.1, 0.15) is 36.1 Å². The van der Waals surface area contributed by atoms with Gasteiger partial charge in [0.2, 0.25) is 0 Å². The quantitative estimate of drug-likeness (QED) is 0.317. The van der Waals surface area contributed by atoms with Gasteiger partial charge in [-0.25, -0.2) is 0 Å². The molecule has 0 heterocycles. The van der Waals surface area contributed by atoms with E-state index in [4.69, 9.17) is 0 Å². The van der Waals surface area contributed by atoms with E-state index in [1.807, 2.05) is 0 Å². The van der Waals surface area contributed by atoms with Crippen LogP contribution in [0.15, 0.2) is 201 Å². The summed E-state index contributed by atoms with van der Waals surface area (Å²) in [6, 6.07) is 14.6. The van der Waals surface area contributed by atoms with Gasteiger partial charge in [0.25, 0.3) is 0 Å². The fourth-order valence-corrected chi connectivity index (χ4v) is 10.4. The van der Waals surface area contributed by atoms with Gasteiger partial charge in [0, 0.05) is 29.1 Å². The SMILES string of the molecule is CC1(C)c2cc(CC3=C4C=CC5=CC=CC6=CC=C(C=C3)C4C56)ccc2-c2ccc(CC3=C4C=CC5=CC=CC6=CC=C(C=C3)C4C56)cc21. The highest BCUT2D eigenvalue weighted by Gasteiger charge is 2.40. The van der Waals surface area contributed by atoms with Gasteiger partial charge in [0.1, 0.15) is 0 Å². The van der Waals surface area contributed by atoms with E-state index < -0.39 is 0 Å². The summed E-state index contributed by atoms with van der Waals surface area (Å²) in [5.41, 5.74) is 23.1. The van der Waals surface area contributed by atoms with Gasteiger partial charge in [-0.15, -0.1) is 0 Å². The number of hydrogen-bond donors (Lipinski definition) is 0. The van der Waals surface area contributed by atoms with Crippen LogP contribution in [0.25, 0.3) is 11.1 Å². The summed E-state index contributed by atoms with van der Waals surface area (Å²) in [7, 11) is 0. The third-order valence-electron chi connectivity index (χ3n) is 12.8. The molecule has 2 aromatic carbocycles. The Kier molecular flexibility index (Phi) is 5.62. The van der Waals surface area contributed by atoms with Crippen LogP contribution in [0.2, 0.25) is 0 Å². The van der Waals surface area contributed by atoms with E-state index in [1.165, 1.54) is 89.1 Å². The maximum absolute atomic E-state index is 2.52. The van der Waals surface area contributed by atoms with Crippen molar-refractivity contribution in [2.75, 3.05) is 0 Å². The molecule has 0 heteroatoms. The molecule has 0 spiro atoms. The Morgan fingerprint density at radius 2 is 0.837 bits per heavy atom. The summed E-state index contributed by atoms with van der Waals surface area (Å²) in [6.07, 6.45) is 43.9. The minimum atomic E-state index is -0.0488. The van der Waals surface area contributed by atoms with Crippen molar-refractivity contribution in [3.05, 3.63) is 224 Å². The van der Waals surface area contributed by atoms with Crippen molar-refractivity contribution in [2.24, 2.45) is 23.7 Å². The van der Waals surface area contributed by atoms with E-state index in [0.717, 1.165) is 12.8 Å². The molecule has 0 saturated heterocycles. The molecule has 0 aromatic heterocycles. The lowest BCUT2D eigenvalue weighted by Crippen LogP contribution is -2.29. The average Bonchev–Trinajstić information content (AvgIpc) is 3.35. The highest BCUT2D eigenvalue weighted by molar-refractivity contribution is 5.81. The summed E-state index contributed by atoms with van der Waals surface area (Å²) >= 11 is 0. The summed E-state index contributed by atoms with van der Waals surface area (Å²) in [6.45, 7) is 4.86. The van der Waals surface area contributed by atoms with Gasteiger partial charge in [-0.3, -0.25) is 0 Å². The van der Waals surface area contributed by atoms with Crippen molar-refractivity contribution in [1.29, 1.82) is 0 Å². The summed E-state index contributed by atoms with van der Waals surface area (Å²) in [4.78, 5) is 0. The van der Waals surface area contributed by atoms with Gasteiger partial charge in [-0.1, -0.05) is 160 Å². The van der Waals surface area contributed by atoms with Gasteiger partial charge < -0.3 is 0 Å². The molecule has 9 aliphatic rings. The third kappa shape index (κ3) is 3.92. The van der Waals surface area contributed by atoms with Crippen LogP contribution < -0.4 is 0 Å². The molecule has 4 unspecified atom stereocenters. The van der Waals surface area contributed by atoms with Crippen molar-refractivity contribution < 1.29 is 0 Å². The second-order valence-electron chi connectivity index (χ2n) is 15.7.